The number of aromatic nitrogens is 3. The fraction of sp³-hybridized carbons (Fsp3) is 0.296. The predicted octanol–water partition coefficient (Wildman–Crippen LogP) is 2.93. The molecular weight excluding hydrogens is 714 g/mol. The zero-order valence-corrected chi connectivity index (χ0v) is 26.3. The number of benzene rings is 2. The van der Waals surface area contributed by atoms with Crippen LogP contribution in [0.1, 0.15) is 16.1 Å². The second kappa shape index (κ2) is 13.5. The minimum absolute atomic E-state index is 0.00179. The number of alkyl halides is 6. The van der Waals surface area contributed by atoms with Crippen molar-refractivity contribution in [3.05, 3.63) is 76.2 Å². The first-order valence-corrected chi connectivity index (χ1v) is 15.9. The number of halogens is 6. The number of sulfonamides is 1. The van der Waals surface area contributed by atoms with Gasteiger partial charge in [-0.1, -0.05) is 23.5 Å². The van der Waals surface area contributed by atoms with Crippen molar-refractivity contribution in [2.75, 3.05) is 31.6 Å². The third kappa shape index (κ3) is 8.37. The highest BCUT2D eigenvalue weighted by Crippen LogP contribution is 2.30. The van der Waals surface area contributed by atoms with Gasteiger partial charge in [0.05, 0.1) is 12.0 Å². The Hall–Kier alpha value is -4.96. The van der Waals surface area contributed by atoms with Crippen LogP contribution in [0, 0.1) is 0 Å². The maximum absolute atomic E-state index is 13.7. The maximum Gasteiger partial charge on any atom is 0.573 e. The summed E-state index contributed by atoms with van der Waals surface area (Å²) in [5, 5.41) is 7.00. The Labute approximate surface area is 275 Å². The van der Waals surface area contributed by atoms with Gasteiger partial charge in [-0.2, -0.15) is 13.8 Å². The molecule has 1 unspecified atom stereocenters. The van der Waals surface area contributed by atoms with Crippen molar-refractivity contribution in [1.82, 2.24) is 24.2 Å². The van der Waals surface area contributed by atoms with Crippen molar-refractivity contribution >= 4 is 43.3 Å². The maximum atomic E-state index is 13.7. The Bertz CT molecular complexity index is 2020. The fourth-order valence-corrected chi connectivity index (χ4v) is 7.20. The summed E-state index contributed by atoms with van der Waals surface area (Å²) in [5.41, 5.74) is -0.656. The Kier molecular flexibility index (Phi) is 9.75. The molecule has 49 heavy (non-hydrogen) atoms. The van der Waals surface area contributed by atoms with Crippen LogP contribution in [0.25, 0.3) is 4.96 Å². The lowest BCUT2D eigenvalue weighted by molar-refractivity contribution is -0.275. The van der Waals surface area contributed by atoms with Crippen LogP contribution in [0.4, 0.5) is 31.5 Å². The highest BCUT2D eigenvalue weighted by Gasteiger charge is 2.41. The first kappa shape index (κ1) is 35.3. The van der Waals surface area contributed by atoms with Crippen LogP contribution in [-0.4, -0.2) is 84.7 Å². The molecule has 14 nitrogen and oxygen atoms in total. The number of rotatable bonds is 9. The number of carbonyl (C=O) groups is 2. The lowest BCUT2D eigenvalue weighted by Crippen LogP contribution is -2.60. The van der Waals surface area contributed by atoms with Crippen molar-refractivity contribution in [1.29, 1.82) is 0 Å². The lowest BCUT2D eigenvalue weighted by Gasteiger charge is -2.39. The van der Waals surface area contributed by atoms with Gasteiger partial charge in [-0.25, -0.2) is 13.2 Å². The SMILES string of the molecule is COC(=O)c1cc(=O)nc2sc(N3CCN(S(=O)(=O)c4ccc(OC(F)(F)F)cc4)C(C(=O)NCc4ccc(OC(F)(F)F)cc4)C3)nn12. The Morgan fingerprint density at radius 2 is 1.55 bits per heavy atom. The summed E-state index contributed by atoms with van der Waals surface area (Å²) in [6, 6.07) is 7.33. The lowest BCUT2D eigenvalue weighted by atomic mass is 10.2. The molecule has 4 aromatic rings. The molecule has 0 radical (unpaired) electrons. The van der Waals surface area contributed by atoms with Crippen molar-refractivity contribution in [3.63, 3.8) is 0 Å². The zero-order valence-electron chi connectivity index (χ0n) is 24.7. The molecule has 3 heterocycles. The first-order chi connectivity index (χ1) is 22.9. The average Bonchev–Trinajstić information content (AvgIpc) is 3.46. The Morgan fingerprint density at radius 3 is 2.12 bits per heavy atom. The molecule has 2 aromatic carbocycles. The van der Waals surface area contributed by atoms with Gasteiger partial charge in [-0.05, 0) is 42.0 Å². The number of amides is 1. The summed E-state index contributed by atoms with van der Waals surface area (Å²) in [4.78, 5) is 42.8. The number of ether oxygens (including phenoxy) is 3. The molecule has 1 aliphatic heterocycles. The number of nitrogens with one attached hydrogen (secondary N) is 1. The molecule has 5 rings (SSSR count). The molecule has 1 saturated heterocycles. The summed E-state index contributed by atoms with van der Waals surface area (Å²) in [6.45, 7) is -0.988. The van der Waals surface area contributed by atoms with E-state index < -0.39 is 62.6 Å². The van der Waals surface area contributed by atoms with Crippen LogP contribution >= 0.6 is 11.3 Å². The number of carbonyl (C=O) groups excluding carboxylic acids is 2. The van der Waals surface area contributed by atoms with E-state index in [1.54, 1.807) is 0 Å². The summed E-state index contributed by atoms with van der Waals surface area (Å²) < 4.78 is 117. The molecule has 262 valence electrons. The second-order valence-electron chi connectivity index (χ2n) is 10.1. The molecule has 22 heteroatoms. The van der Waals surface area contributed by atoms with Crippen LogP contribution in [0.15, 0.2) is 64.3 Å². The van der Waals surface area contributed by atoms with Gasteiger partial charge in [0.1, 0.15) is 17.5 Å². The number of methoxy groups -OCH3 is 1. The van der Waals surface area contributed by atoms with E-state index in [1.807, 2.05) is 0 Å². The van der Waals surface area contributed by atoms with Crippen LogP contribution < -0.4 is 25.2 Å². The van der Waals surface area contributed by atoms with Gasteiger partial charge in [0, 0.05) is 32.2 Å². The quantitative estimate of drug-likeness (QED) is 0.199. The molecule has 0 aliphatic carbocycles. The zero-order chi connectivity index (χ0) is 35.7. The van der Waals surface area contributed by atoms with Gasteiger partial charge in [0.2, 0.25) is 26.0 Å². The molecule has 1 fully saturated rings. The third-order valence-electron chi connectivity index (χ3n) is 6.83. The molecule has 1 atom stereocenters. The second-order valence-corrected chi connectivity index (χ2v) is 12.9. The van der Waals surface area contributed by atoms with E-state index in [0.29, 0.717) is 5.56 Å². The number of piperazine rings is 1. The van der Waals surface area contributed by atoms with Crippen LogP contribution in [0.5, 0.6) is 11.5 Å². The van der Waals surface area contributed by atoms with Crippen LogP contribution in [-0.2, 0) is 26.1 Å². The molecule has 0 spiro atoms. The van der Waals surface area contributed by atoms with E-state index in [0.717, 1.165) is 69.7 Å². The van der Waals surface area contributed by atoms with E-state index in [2.05, 4.69) is 24.9 Å². The monoisotopic (exact) mass is 736 g/mol. The number of anilines is 1. The first-order valence-electron chi connectivity index (χ1n) is 13.7. The van der Waals surface area contributed by atoms with E-state index in [4.69, 9.17) is 4.74 Å². The molecule has 0 bridgehead atoms. The number of nitrogens with zero attached hydrogens (tertiary/aromatic N) is 5. The standard InChI is InChI=1S/C27H22F6N6O8S2/c1-45-23(42)19-12-21(40)35-24-39(19)36-25(48-24)37-10-11-38(49(43,44)18-8-6-17(7-9-18)47-27(31,32)33)20(14-37)22(41)34-13-15-2-4-16(5-3-15)46-26(28,29)30/h2-9,12,20H,10-11,13-14H2,1H3,(H,34,41). The number of hydrogen-bond acceptors (Lipinski definition) is 12. The smallest absolute Gasteiger partial charge is 0.464 e. The molecule has 0 saturated carbocycles. The van der Waals surface area contributed by atoms with Gasteiger partial charge in [-0.15, -0.1) is 31.4 Å². The molecule has 1 N–H and O–H groups in total. The van der Waals surface area contributed by atoms with Gasteiger partial charge in [-0.3, -0.25) is 9.59 Å². The number of fused-ring (bicyclic) bond motifs is 1. The molecule has 1 amide bonds. The van der Waals surface area contributed by atoms with E-state index >= 15 is 0 Å². The Balaban J connectivity index is 1.43. The minimum atomic E-state index is -5.02. The van der Waals surface area contributed by atoms with Gasteiger partial charge in [0.25, 0.3) is 5.56 Å². The van der Waals surface area contributed by atoms with Gasteiger partial charge < -0.3 is 24.4 Å². The summed E-state index contributed by atoms with van der Waals surface area (Å²) >= 11 is 0.862. The van der Waals surface area contributed by atoms with Crippen LogP contribution in [0.3, 0.4) is 0 Å². The molecule has 1 aliphatic rings. The van der Waals surface area contributed by atoms with Crippen molar-refractivity contribution in [2.45, 2.75) is 30.2 Å². The Morgan fingerprint density at radius 1 is 0.959 bits per heavy atom. The van der Waals surface area contributed by atoms with Crippen LogP contribution in [0.2, 0.25) is 0 Å². The summed E-state index contributed by atoms with van der Waals surface area (Å²) in [5.74, 6) is -2.90. The average molecular weight is 737 g/mol. The largest absolute Gasteiger partial charge is 0.573 e. The van der Waals surface area contributed by atoms with Crippen molar-refractivity contribution in [3.8, 4) is 11.5 Å². The van der Waals surface area contributed by atoms with Gasteiger partial charge >= 0.3 is 18.7 Å². The third-order valence-corrected chi connectivity index (χ3v) is 9.72. The molecular formula is C27H22F6N6O8S2. The highest BCUT2D eigenvalue weighted by molar-refractivity contribution is 7.89. The minimum Gasteiger partial charge on any atom is -0.464 e. The number of hydrogen-bond donors (Lipinski definition) is 1. The fourth-order valence-electron chi connectivity index (χ4n) is 4.69. The van der Waals surface area contributed by atoms with E-state index in [-0.39, 0.29) is 42.0 Å². The topological polar surface area (TPSA) is 162 Å². The summed E-state index contributed by atoms with van der Waals surface area (Å²) in [6.07, 6.45) is -9.94. The predicted molar refractivity (Wildman–Crippen MR) is 156 cm³/mol. The van der Waals surface area contributed by atoms with E-state index in [1.165, 1.54) is 17.0 Å². The van der Waals surface area contributed by atoms with Crippen molar-refractivity contribution in [2.24, 2.45) is 0 Å². The van der Waals surface area contributed by atoms with Crippen molar-refractivity contribution < 1.29 is 58.6 Å². The number of esters is 1. The summed E-state index contributed by atoms with van der Waals surface area (Å²) in [7, 11) is -3.44. The molecule has 2 aromatic heterocycles. The normalized spacial score (nSPS) is 16.0. The van der Waals surface area contributed by atoms with Gasteiger partial charge in [0.15, 0.2) is 5.69 Å². The highest BCUT2D eigenvalue weighted by atomic mass is 32.2. The van der Waals surface area contributed by atoms with E-state index in [9.17, 15) is 49.1 Å².